The molecule has 0 saturated carbocycles. The molecule has 1 fully saturated rings. The van der Waals surface area contributed by atoms with Crippen LogP contribution in [0.15, 0.2) is 18.2 Å². The molecular weight excluding hydrogens is 271 g/mol. The van der Waals surface area contributed by atoms with E-state index in [1.54, 1.807) is 6.07 Å². The first-order valence-corrected chi connectivity index (χ1v) is 7.80. The van der Waals surface area contributed by atoms with Crippen molar-refractivity contribution in [2.45, 2.75) is 18.9 Å². The average Bonchev–Trinajstić information content (AvgIpc) is 2.69. The summed E-state index contributed by atoms with van der Waals surface area (Å²) in [5.74, 6) is 1.12. The van der Waals surface area contributed by atoms with Gasteiger partial charge in [0.15, 0.2) is 4.77 Å². The lowest BCUT2D eigenvalue weighted by Crippen LogP contribution is -2.21. The van der Waals surface area contributed by atoms with Crippen molar-refractivity contribution in [2.75, 3.05) is 11.5 Å². The minimum Gasteiger partial charge on any atom is -0.328 e. The average molecular weight is 284 g/mol. The van der Waals surface area contributed by atoms with Crippen molar-refractivity contribution in [3.8, 4) is 0 Å². The molecule has 1 aromatic carbocycles. The van der Waals surface area contributed by atoms with Gasteiger partial charge in [-0.05, 0) is 37.2 Å². The highest BCUT2D eigenvalue weighted by molar-refractivity contribution is 7.85. The second-order valence-corrected chi connectivity index (χ2v) is 6.60. The molecular formula is C12H13FN2OS2. The van der Waals surface area contributed by atoms with Crippen LogP contribution in [0.2, 0.25) is 0 Å². The van der Waals surface area contributed by atoms with Crippen LogP contribution in [0.1, 0.15) is 18.9 Å². The minimum atomic E-state index is -0.699. The van der Waals surface area contributed by atoms with Gasteiger partial charge in [0.2, 0.25) is 0 Å². The lowest BCUT2D eigenvalue weighted by molar-refractivity contribution is 0.468. The topological polar surface area (TPSA) is 37.8 Å². The van der Waals surface area contributed by atoms with Crippen molar-refractivity contribution in [1.82, 2.24) is 9.55 Å². The number of nitrogens with zero attached hydrogens (tertiary/aromatic N) is 1. The largest absolute Gasteiger partial charge is 0.328 e. The molecule has 96 valence electrons. The Hall–Kier alpha value is -1.01. The molecule has 1 aromatic heterocycles. The van der Waals surface area contributed by atoms with E-state index in [9.17, 15) is 8.60 Å². The number of imidazole rings is 1. The van der Waals surface area contributed by atoms with Crippen molar-refractivity contribution in [3.63, 3.8) is 0 Å². The number of hydrogen-bond acceptors (Lipinski definition) is 2. The molecule has 0 aliphatic carbocycles. The third-order valence-electron chi connectivity index (χ3n) is 3.42. The Morgan fingerprint density at radius 3 is 2.83 bits per heavy atom. The summed E-state index contributed by atoms with van der Waals surface area (Å²) in [5.41, 5.74) is 1.27. The standard InChI is InChI=1S/C12H13FN2OS2/c13-9-2-1-3-10-11(9)14-12(17)15(10)8-4-6-18(16)7-5-8/h1-3,8H,4-7H2,(H,14,17). The lowest BCUT2D eigenvalue weighted by Gasteiger charge is -2.23. The quantitative estimate of drug-likeness (QED) is 0.818. The van der Waals surface area contributed by atoms with Crippen LogP contribution in [-0.2, 0) is 10.8 Å². The first-order valence-electron chi connectivity index (χ1n) is 5.90. The van der Waals surface area contributed by atoms with Gasteiger partial charge in [-0.25, -0.2) is 4.39 Å². The molecule has 1 aliphatic rings. The predicted octanol–water partition coefficient (Wildman–Crippen LogP) is 2.92. The number of para-hydroxylation sites is 1. The van der Waals surface area contributed by atoms with Crippen LogP contribution < -0.4 is 0 Å². The van der Waals surface area contributed by atoms with Gasteiger partial charge in [-0.1, -0.05) is 6.07 Å². The highest BCUT2D eigenvalue weighted by Crippen LogP contribution is 2.28. The number of aromatic nitrogens is 2. The van der Waals surface area contributed by atoms with E-state index >= 15 is 0 Å². The predicted molar refractivity (Wildman–Crippen MR) is 73.2 cm³/mol. The summed E-state index contributed by atoms with van der Waals surface area (Å²) in [4.78, 5) is 2.93. The zero-order valence-corrected chi connectivity index (χ0v) is 11.3. The molecule has 18 heavy (non-hydrogen) atoms. The van der Waals surface area contributed by atoms with Gasteiger partial charge in [0, 0.05) is 28.3 Å². The minimum absolute atomic E-state index is 0.228. The normalized spacial score (nSPS) is 24.5. The van der Waals surface area contributed by atoms with Crippen molar-refractivity contribution in [1.29, 1.82) is 0 Å². The molecule has 0 bridgehead atoms. The van der Waals surface area contributed by atoms with E-state index in [4.69, 9.17) is 12.2 Å². The fourth-order valence-corrected chi connectivity index (χ4v) is 4.14. The second kappa shape index (κ2) is 4.59. The van der Waals surface area contributed by atoms with Gasteiger partial charge >= 0.3 is 0 Å². The van der Waals surface area contributed by atoms with Gasteiger partial charge in [-0.3, -0.25) is 4.21 Å². The molecule has 1 N–H and O–H groups in total. The van der Waals surface area contributed by atoms with Gasteiger partial charge in [-0.2, -0.15) is 0 Å². The molecule has 0 unspecified atom stereocenters. The van der Waals surface area contributed by atoms with Gasteiger partial charge in [0.1, 0.15) is 11.3 Å². The van der Waals surface area contributed by atoms with Crippen LogP contribution in [-0.4, -0.2) is 25.3 Å². The highest BCUT2D eigenvalue weighted by Gasteiger charge is 2.22. The van der Waals surface area contributed by atoms with Crippen LogP contribution in [0.5, 0.6) is 0 Å². The lowest BCUT2D eigenvalue weighted by atomic mass is 10.1. The Kier molecular flexibility index (Phi) is 3.07. The Bertz CT molecular complexity index is 666. The molecule has 6 heteroatoms. The Labute approximate surface area is 111 Å². The smallest absolute Gasteiger partial charge is 0.178 e. The van der Waals surface area contributed by atoms with Crippen LogP contribution in [0.3, 0.4) is 0 Å². The van der Waals surface area contributed by atoms with E-state index in [-0.39, 0.29) is 11.9 Å². The molecule has 0 amide bonds. The fraction of sp³-hybridized carbons (Fsp3) is 0.417. The summed E-state index contributed by atoms with van der Waals surface area (Å²) >= 11 is 5.29. The molecule has 1 saturated heterocycles. The number of nitrogens with one attached hydrogen (secondary N) is 1. The number of fused-ring (bicyclic) bond motifs is 1. The number of hydrogen-bond donors (Lipinski definition) is 1. The first-order chi connectivity index (χ1) is 8.66. The van der Waals surface area contributed by atoms with Crippen LogP contribution in [0.4, 0.5) is 4.39 Å². The summed E-state index contributed by atoms with van der Waals surface area (Å²) in [5, 5.41) is 0. The van der Waals surface area contributed by atoms with E-state index in [0.717, 1.165) is 18.4 Å². The SMILES string of the molecule is O=S1CCC(n2c(=S)[nH]c3c(F)cccc32)CC1. The molecule has 0 atom stereocenters. The third-order valence-corrected chi connectivity index (χ3v) is 5.11. The monoisotopic (exact) mass is 284 g/mol. The van der Waals surface area contributed by atoms with Gasteiger partial charge < -0.3 is 9.55 Å². The van der Waals surface area contributed by atoms with E-state index in [1.165, 1.54) is 6.07 Å². The summed E-state index contributed by atoms with van der Waals surface area (Å²) in [7, 11) is -0.699. The van der Waals surface area contributed by atoms with Crippen LogP contribution in [0.25, 0.3) is 11.0 Å². The van der Waals surface area contributed by atoms with Crippen molar-refractivity contribution in [3.05, 3.63) is 28.8 Å². The van der Waals surface area contributed by atoms with E-state index in [2.05, 4.69) is 4.98 Å². The second-order valence-electron chi connectivity index (χ2n) is 4.51. The van der Waals surface area contributed by atoms with Crippen LogP contribution >= 0.6 is 12.2 Å². The van der Waals surface area contributed by atoms with E-state index < -0.39 is 10.8 Å². The van der Waals surface area contributed by atoms with Crippen molar-refractivity contribution < 1.29 is 8.60 Å². The number of aromatic amines is 1. The Morgan fingerprint density at radius 1 is 1.39 bits per heavy atom. The maximum atomic E-state index is 13.7. The van der Waals surface area contributed by atoms with Crippen molar-refractivity contribution >= 4 is 34.1 Å². The van der Waals surface area contributed by atoms with Crippen LogP contribution in [0, 0.1) is 10.6 Å². The Balaban J connectivity index is 2.12. The maximum absolute atomic E-state index is 13.7. The number of halogens is 1. The summed E-state index contributed by atoms with van der Waals surface area (Å²) in [6.45, 7) is 0. The van der Waals surface area contributed by atoms with Gasteiger partial charge in [0.25, 0.3) is 0 Å². The zero-order chi connectivity index (χ0) is 12.7. The number of rotatable bonds is 1. The molecule has 2 heterocycles. The van der Waals surface area contributed by atoms with Gasteiger partial charge in [0.05, 0.1) is 5.52 Å². The molecule has 0 spiro atoms. The number of benzene rings is 1. The van der Waals surface area contributed by atoms with E-state index in [1.807, 2.05) is 10.6 Å². The fourth-order valence-electron chi connectivity index (χ4n) is 2.52. The molecule has 3 nitrogen and oxygen atoms in total. The molecule has 3 rings (SSSR count). The van der Waals surface area contributed by atoms with Crippen molar-refractivity contribution in [2.24, 2.45) is 0 Å². The summed E-state index contributed by atoms with van der Waals surface area (Å²) < 4.78 is 27.6. The molecule has 1 aliphatic heterocycles. The molecule has 2 aromatic rings. The number of H-pyrrole nitrogens is 1. The zero-order valence-electron chi connectivity index (χ0n) is 9.69. The first kappa shape index (κ1) is 12.0. The van der Waals surface area contributed by atoms with Gasteiger partial charge in [-0.15, -0.1) is 0 Å². The summed E-state index contributed by atoms with van der Waals surface area (Å²) in [6, 6.07) is 5.22. The molecule has 0 radical (unpaired) electrons. The maximum Gasteiger partial charge on any atom is 0.178 e. The third kappa shape index (κ3) is 1.93. The van der Waals surface area contributed by atoms with E-state index in [0.29, 0.717) is 21.8 Å². The summed E-state index contributed by atoms with van der Waals surface area (Å²) in [6.07, 6.45) is 1.68. The highest BCUT2D eigenvalue weighted by atomic mass is 32.2. The Morgan fingerprint density at radius 2 is 2.11 bits per heavy atom.